The van der Waals surface area contributed by atoms with Gasteiger partial charge in [-0.2, -0.15) is 0 Å². The Hall–Kier alpha value is -0.610. The van der Waals surface area contributed by atoms with Crippen molar-refractivity contribution in [2.45, 2.75) is 97.1 Å². The molecule has 0 aromatic rings. The van der Waals surface area contributed by atoms with E-state index in [1.54, 1.807) is 0 Å². The summed E-state index contributed by atoms with van der Waals surface area (Å²) in [6.07, 6.45) is 10.9. The first-order chi connectivity index (χ1) is 10.5. The predicted octanol–water partition coefficient (Wildman–Crippen LogP) is 3.97. The summed E-state index contributed by atoms with van der Waals surface area (Å²) < 4.78 is 0. The molecule has 0 spiro atoms. The van der Waals surface area contributed by atoms with Crippen LogP contribution in [0.2, 0.25) is 0 Å². The van der Waals surface area contributed by atoms with Gasteiger partial charge in [-0.3, -0.25) is 4.79 Å². The molecule has 0 heterocycles. The molecule has 0 aromatic carbocycles. The Morgan fingerprint density at radius 1 is 1.00 bits per heavy atom. The number of aliphatic carboxylic acids is 1. The number of hydrogen-bond donors (Lipinski definition) is 3. The molecule has 1 unspecified atom stereocenters. The van der Waals surface area contributed by atoms with Crippen molar-refractivity contribution < 1.29 is 15.0 Å². The van der Waals surface area contributed by atoms with Crippen molar-refractivity contribution in [2.24, 2.45) is 5.92 Å². The van der Waals surface area contributed by atoms with Gasteiger partial charge in [0.1, 0.15) is 6.04 Å². The summed E-state index contributed by atoms with van der Waals surface area (Å²) in [4.78, 5) is 11.1. The van der Waals surface area contributed by atoms with Crippen molar-refractivity contribution in [3.8, 4) is 0 Å². The van der Waals surface area contributed by atoms with Gasteiger partial charge >= 0.3 is 5.97 Å². The number of nitrogens with one attached hydrogen (secondary N) is 1. The Morgan fingerprint density at radius 3 is 2.05 bits per heavy atom. The Kier molecular flexibility index (Phi) is 13.6. The SMILES string of the molecule is CCCCCCCCCCC(O)CN[C@H](CC(C)C)C(=O)O. The Bertz CT molecular complexity index is 269. The third-order valence-corrected chi connectivity index (χ3v) is 4.00. The summed E-state index contributed by atoms with van der Waals surface area (Å²) in [5.41, 5.74) is 0. The maximum Gasteiger partial charge on any atom is 0.320 e. The van der Waals surface area contributed by atoms with Gasteiger partial charge in [0.15, 0.2) is 0 Å². The van der Waals surface area contributed by atoms with Crippen LogP contribution in [0.4, 0.5) is 0 Å². The van der Waals surface area contributed by atoms with Crippen LogP contribution in [0, 0.1) is 5.92 Å². The van der Waals surface area contributed by atoms with E-state index < -0.39 is 18.1 Å². The molecule has 0 aliphatic carbocycles. The normalized spacial score (nSPS) is 14.2. The van der Waals surface area contributed by atoms with Crippen LogP contribution in [0.1, 0.15) is 85.0 Å². The van der Waals surface area contributed by atoms with E-state index in [-0.39, 0.29) is 0 Å². The first-order valence-electron chi connectivity index (χ1n) is 9.11. The lowest BCUT2D eigenvalue weighted by Gasteiger charge is -2.19. The fourth-order valence-corrected chi connectivity index (χ4v) is 2.64. The third kappa shape index (κ3) is 13.1. The van der Waals surface area contributed by atoms with Crippen LogP contribution in [0.5, 0.6) is 0 Å². The van der Waals surface area contributed by atoms with E-state index in [0.717, 1.165) is 19.3 Å². The van der Waals surface area contributed by atoms with Crippen LogP contribution in [0.15, 0.2) is 0 Å². The van der Waals surface area contributed by atoms with Crippen LogP contribution in [0.25, 0.3) is 0 Å². The van der Waals surface area contributed by atoms with Gasteiger partial charge < -0.3 is 15.5 Å². The van der Waals surface area contributed by atoms with Crippen LogP contribution in [0.3, 0.4) is 0 Å². The highest BCUT2D eigenvalue weighted by molar-refractivity contribution is 5.73. The largest absolute Gasteiger partial charge is 0.480 e. The Morgan fingerprint density at radius 2 is 1.55 bits per heavy atom. The quantitative estimate of drug-likeness (QED) is 0.400. The second-order valence-corrected chi connectivity index (χ2v) is 6.85. The molecular formula is C18H37NO3. The maximum absolute atomic E-state index is 11.1. The highest BCUT2D eigenvalue weighted by Crippen LogP contribution is 2.11. The number of aliphatic hydroxyl groups is 1. The van der Waals surface area contributed by atoms with Gasteiger partial charge in [-0.25, -0.2) is 0 Å². The Balaban J connectivity index is 3.59. The van der Waals surface area contributed by atoms with E-state index in [2.05, 4.69) is 12.2 Å². The first-order valence-corrected chi connectivity index (χ1v) is 9.11. The molecule has 0 saturated carbocycles. The summed E-state index contributed by atoms with van der Waals surface area (Å²) in [7, 11) is 0. The minimum atomic E-state index is -0.826. The van der Waals surface area contributed by atoms with E-state index in [9.17, 15) is 9.90 Å². The molecular weight excluding hydrogens is 278 g/mol. The number of hydrogen-bond acceptors (Lipinski definition) is 3. The lowest BCUT2D eigenvalue weighted by Crippen LogP contribution is -2.41. The first kappa shape index (κ1) is 21.4. The number of aliphatic hydroxyl groups excluding tert-OH is 1. The average molecular weight is 315 g/mol. The molecule has 0 rings (SSSR count). The second kappa shape index (κ2) is 14.0. The zero-order valence-electron chi connectivity index (χ0n) is 14.8. The molecule has 0 fully saturated rings. The van der Waals surface area contributed by atoms with Crippen molar-refractivity contribution in [3.63, 3.8) is 0 Å². The molecule has 0 aromatic heterocycles. The molecule has 4 heteroatoms. The third-order valence-electron chi connectivity index (χ3n) is 4.00. The van der Waals surface area contributed by atoms with Crippen molar-refractivity contribution >= 4 is 5.97 Å². The zero-order chi connectivity index (χ0) is 16.8. The molecule has 132 valence electrons. The van der Waals surface area contributed by atoms with Crippen molar-refractivity contribution in [2.75, 3.05) is 6.54 Å². The molecule has 0 bridgehead atoms. The number of carbonyl (C=O) groups is 1. The zero-order valence-corrected chi connectivity index (χ0v) is 14.8. The highest BCUT2D eigenvalue weighted by Gasteiger charge is 2.19. The number of rotatable bonds is 15. The second-order valence-electron chi connectivity index (χ2n) is 6.85. The lowest BCUT2D eigenvalue weighted by molar-refractivity contribution is -0.140. The van der Waals surface area contributed by atoms with Gasteiger partial charge in [-0.15, -0.1) is 0 Å². The highest BCUT2D eigenvalue weighted by atomic mass is 16.4. The van der Waals surface area contributed by atoms with E-state index in [0.29, 0.717) is 18.9 Å². The molecule has 0 amide bonds. The van der Waals surface area contributed by atoms with Crippen molar-refractivity contribution in [3.05, 3.63) is 0 Å². The van der Waals surface area contributed by atoms with Gasteiger partial charge in [-0.05, 0) is 18.8 Å². The molecule has 22 heavy (non-hydrogen) atoms. The van der Waals surface area contributed by atoms with E-state index in [1.807, 2.05) is 13.8 Å². The lowest BCUT2D eigenvalue weighted by atomic mass is 10.0. The number of carboxylic acid groups (broad SMARTS) is 1. The summed E-state index contributed by atoms with van der Waals surface area (Å²) in [5.74, 6) is -0.494. The van der Waals surface area contributed by atoms with Gasteiger partial charge in [0.05, 0.1) is 6.10 Å². The monoisotopic (exact) mass is 315 g/mol. The summed E-state index contributed by atoms with van der Waals surface area (Å²) in [6, 6.07) is -0.548. The summed E-state index contributed by atoms with van der Waals surface area (Å²) in [6.45, 7) is 6.62. The molecule has 4 nitrogen and oxygen atoms in total. The van der Waals surface area contributed by atoms with Crippen LogP contribution >= 0.6 is 0 Å². The standard InChI is InChI=1S/C18H37NO3/c1-4-5-6-7-8-9-10-11-12-16(20)14-19-17(18(21)22)13-15(2)3/h15-17,19-20H,4-14H2,1-3H3,(H,21,22)/t16?,17-/m1/s1. The minimum absolute atomic E-state index is 0.332. The average Bonchev–Trinajstić information content (AvgIpc) is 2.45. The molecule has 0 saturated heterocycles. The number of unbranched alkanes of at least 4 members (excludes halogenated alkanes) is 7. The fourth-order valence-electron chi connectivity index (χ4n) is 2.64. The molecule has 0 aliphatic rings. The summed E-state index contributed by atoms with van der Waals surface area (Å²) in [5, 5.41) is 22.0. The van der Waals surface area contributed by atoms with E-state index >= 15 is 0 Å². The smallest absolute Gasteiger partial charge is 0.320 e. The number of carboxylic acids is 1. The maximum atomic E-state index is 11.1. The van der Waals surface area contributed by atoms with Gasteiger partial charge in [0.25, 0.3) is 0 Å². The topological polar surface area (TPSA) is 69.6 Å². The van der Waals surface area contributed by atoms with E-state index in [4.69, 9.17) is 5.11 Å². The Labute approximate surface area is 136 Å². The molecule has 3 N–H and O–H groups in total. The van der Waals surface area contributed by atoms with Crippen LogP contribution in [-0.2, 0) is 4.79 Å². The molecule has 0 radical (unpaired) electrons. The van der Waals surface area contributed by atoms with Crippen LogP contribution < -0.4 is 5.32 Å². The van der Waals surface area contributed by atoms with E-state index in [1.165, 1.54) is 38.5 Å². The predicted molar refractivity (Wildman–Crippen MR) is 92.1 cm³/mol. The fraction of sp³-hybridized carbons (Fsp3) is 0.944. The summed E-state index contributed by atoms with van der Waals surface area (Å²) >= 11 is 0. The van der Waals surface area contributed by atoms with Crippen molar-refractivity contribution in [1.82, 2.24) is 5.32 Å². The molecule has 2 atom stereocenters. The van der Waals surface area contributed by atoms with Gasteiger partial charge in [0, 0.05) is 6.54 Å². The van der Waals surface area contributed by atoms with Gasteiger partial charge in [-0.1, -0.05) is 72.1 Å². The van der Waals surface area contributed by atoms with Gasteiger partial charge in [0.2, 0.25) is 0 Å². The minimum Gasteiger partial charge on any atom is -0.480 e. The van der Waals surface area contributed by atoms with Crippen molar-refractivity contribution in [1.29, 1.82) is 0 Å². The van der Waals surface area contributed by atoms with Crippen LogP contribution in [-0.4, -0.2) is 34.9 Å². The molecule has 0 aliphatic heterocycles.